The van der Waals surface area contributed by atoms with Crippen LogP contribution in [-0.2, 0) is 10.2 Å². The summed E-state index contributed by atoms with van der Waals surface area (Å²) in [5, 5.41) is 9.36. The Balaban J connectivity index is 2.53. The average molecular weight is 236 g/mol. The molecule has 0 spiro atoms. The second kappa shape index (κ2) is 4.28. The van der Waals surface area contributed by atoms with Crippen molar-refractivity contribution in [2.24, 2.45) is 0 Å². The summed E-state index contributed by atoms with van der Waals surface area (Å²) in [7, 11) is 1.55. The van der Waals surface area contributed by atoms with E-state index in [4.69, 9.17) is 9.47 Å². The van der Waals surface area contributed by atoms with Gasteiger partial charge in [0.25, 0.3) is 0 Å². The van der Waals surface area contributed by atoms with Crippen LogP contribution in [0.2, 0.25) is 0 Å². The molecule has 0 amide bonds. The van der Waals surface area contributed by atoms with Crippen molar-refractivity contribution >= 4 is 5.97 Å². The fourth-order valence-corrected chi connectivity index (χ4v) is 2.12. The molecule has 1 saturated carbocycles. The first kappa shape index (κ1) is 11.8. The summed E-state index contributed by atoms with van der Waals surface area (Å²) in [6.45, 7) is 2.39. The maximum absolute atomic E-state index is 11.4. The van der Waals surface area contributed by atoms with Gasteiger partial charge < -0.3 is 14.6 Å². The number of hydrogen-bond donors (Lipinski definition) is 1. The van der Waals surface area contributed by atoms with Gasteiger partial charge >= 0.3 is 5.97 Å². The molecule has 1 aliphatic rings. The molecule has 0 saturated heterocycles. The van der Waals surface area contributed by atoms with Gasteiger partial charge in [0.15, 0.2) is 0 Å². The molecule has 2 rings (SSSR count). The molecule has 1 fully saturated rings. The van der Waals surface area contributed by atoms with Crippen LogP contribution in [0.4, 0.5) is 0 Å². The number of benzene rings is 1. The normalized spacial score (nSPS) is 16.4. The number of rotatable bonds is 5. The van der Waals surface area contributed by atoms with E-state index in [1.54, 1.807) is 19.2 Å². The second-order valence-corrected chi connectivity index (χ2v) is 4.15. The molecule has 1 aliphatic carbocycles. The molecule has 1 aromatic carbocycles. The SMILES string of the molecule is CCOc1cccc(OC)c1C1(C(=O)O)CC1. The largest absolute Gasteiger partial charge is 0.496 e. The first-order chi connectivity index (χ1) is 8.15. The van der Waals surface area contributed by atoms with Gasteiger partial charge in [-0.15, -0.1) is 0 Å². The second-order valence-electron chi connectivity index (χ2n) is 4.15. The Kier molecular flexibility index (Phi) is 2.96. The van der Waals surface area contributed by atoms with Gasteiger partial charge in [-0.1, -0.05) is 6.07 Å². The van der Waals surface area contributed by atoms with Crippen molar-refractivity contribution in [3.05, 3.63) is 23.8 Å². The first-order valence-corrected chi connectivity index (χ1v) is 5.69. The monoisotopic (exact) mass is 236 g/mol. The Morgan fingerprint density at radius 2 is 2.06 bits per heavy atom. The molecular weight excluding hydrogens is 220 g/mol. The molecule has 0 aromatic heterocycles. The number of methoxy groups -OCH3 is 1. The third-order valence-electron chi connectivity index (χ3n) is 3.15. The predicted molar refractivity (Wildman–Crippen MR) is 62.7 cm³/mol. The highest BCUT2D eigenvalue weighted by molar-refractivity contribution is 5.87. The fourth-order valence-electron chi connectivity index (χ4n) is 2.12. The number of hydrogen-bond acceptors (Lipinski definition) is 3. The van der Waals surface area contributed by atoms with Gasteiger partial charge in [-0.3, -0.25) is 4.79 Å². The van der Waals surface area contributed by atoms with Crippen LogP contribution >= 0.6 is 0 Å². The van der Waals surface area contributed by atoms with Crippen LogP contribution in [0, 0.1) is 0 Å². The Bertz CT molecular complexity index is 435. The molecule has 1 aromatic rings. The lowest BCUT2D eigenvalue weighted by molar-refractivity contribution is -0.140. The summed E-state index contributed by atoms with van der Waals surface area (Å²) < 4.78 is 10.8. The molecule has 0 unspecified atom stereocenters. The van der Waals surface area contributed by atoms with Crippen molar-refractivity contribution in [2.45, 2.75) is 25.2 Å². The van der Waals surface area contributed by atoms with E-state index in [1.165, 1.54) is 0 Å². The summed E-state index contributed by atoms with van der Waals surface area (Å²) in [4.78, 5) is 11.4. The molecule has 0 bridgehead atoms. The molecule has 0 radical (unpaired) electrons. The summed E-state index contributed by atoms with van der Waals surface area (Å²) >= 11 is 0. The number of carbonyl (C=O) groups is 1. The quantitative estimate of drug-likeness (QED) is 0.851. The average Bonchev–Trinajstić information content (AvgIpc) is 3.10. The Labute approximate surface area is 100 Å². The summed E-state index contributed by atoms with van der Waals surface area (Å²) in [5.41, 5.74) is -0.131. The van der Waals surface area contributed by atoms with Gasteiger partial charge in [-0.05, 0) is 31.9 Å². The van der Waals surface area contributed by atoms with Crippen LogP contribution in [0.3, 0.4) is 0 Å². The van der Waals surface area contributed by atoms with Gasteiger partial charge in [0.2, 0.25) is 0 Å². The zero-order valence-corrected chi connectivity index (χ0v) is 10.0. The van der Waals surface area contributed by atoms with Crippen LogP contribution in [0.5, 0.6) is 11.5 Å². The highest BCUT2D eigenvalue weighted by Crippen LogP contribution is 2.54. The van der Waals surface area contributed by atoms with Crippen molar-refractivity contribution in [1.29, 1.82) is 0 Å². The van der Waals surface area contributed by atoms with Crippen molar-refractivity contribution in [3.8, 4) is 11.5 Å². The van der Waals surface area contributed by atoms with E-state index < -0.39 is 11.4 Å². The smallest absolute Gasteiger partial charge is 0.314 e. The minimum Gasteiger partial charge on any atom is -0.496 e. The lowest BCUT2D eigenvalue weighted by atomic mass is 9.94. The van der Waals surface area contributed by atoms with Crippen molar-refractivity contribution in [1.82, 2.24) is 0 Å². The van der Waals surface area contributed by atoms with E-state index in [2.05, 4.69) is 0 Å². The predicted octanol–water partition coefficient (Wildman–Crippen LogP) is 2.21. The molecule has 0 aliphatic heterocycles. The summed E-state index contributed by atoms with van der Waals surface area (Å²) in [6, 6.07) is 5.39. The molecular formula is C13H16O4. The highest BCUT2D eigenvalue weighted by Gasteiger charge is 2.55. The standard InChI is InChI=1S/C13H16O4/c1-3-17-10-6-4-5-9(16-2)11(10)13(7-8-13)12(14)15/h4-6H,3,7-8H2,1-2H3,(H,14,15). The zero-order chi connectivity index (χ0) is 12.5. The zero-order valence-electron chi connectivity index (χ0n) is 10.0. The Morgan fingerprint density at radius 3 is 2.53 bits per heavy atom. The van der Waals surface area contributed by atoms with Crippen LogP contribution in [-0.4, -0.2) is 24.8 Å². The lowest BCUT2D eigenvalue weighted by Gasteiger charge is -2.18. The van der Waals surface area contributed by atoms with E-state index >= 15 is 0 Å². The molecule has 92 valence electrons. The Hall–Kier alpha value is -1.71. The molecule has 4 heteroatoms. The third kappa shape index (κ3) is 1.84. The van der Waals surface area contributed by atoms with E-state index in [0.717, 1.165) is 0 Å². The van der Waals surface area contributed by atoms with E-state index in [-0.39, 0.29) is 0 Å². The summed E-state index contributed by atoms with van der Waals surface area (Å²) in [5.74, 6) is 0.408. The van der Waals surface area contributed by atoms with Crippen molar-refractivity contribution in [2.75, 3.05) is 13.7 Å². The highest BCUT2D eigenvalue weighted by atomic mass is 16.5. The topological polar surface area (TPSA) is 55.8 Å². The van der Waals surface area contributed by atoms with Gasteiger partial charge in [-0.2, -0.15) is 0 Å². The fraction of sp³-hybridized carbons (Fsp3) is 0.462. The third-order valence-corrected chi connectivity index (χ3v) is 3.15. The maximum atomic E-state index is 11.4. The van der Waals surface area contributed by atoms with Crippen LogP contribution in [0.25, 0.3) is 0 Å². The number of carboxylic acid groups (broad SMARTS) is 1. The minimum absolute atomic E-state index is 0.510. The van der Waals surface area contributed by atoms with E-state index in [1.807, 2.05) is 13.0 Å². The van der Waals surface area contributed by atoms with Gasteiger partial charge in [-0.25, -0.2) is 0 Å². The first-order valence-electron chi connectivity index (χ1n) is 5.69. The van der Waals surface area contributed by atoms with Gasteiger partial charge in [0.05, 0.1) is 19.3 Å². The number of ether oxygens (including phenoxy) is 2. The lowest BCUT2D eigenvalue weighted by Crippen LogP contribution is -2.21. The number of carboxylic acids is 1. The summed E-state index contributed by atoms with van der Waals surface area (Å²) in [6.07, 6.45) is 1.28. The molecule has 17 heavy (non-hydrogen) atoms. The number of aliphatic carboxylic acids is 1. The molecule has 0 atom stereocenters. The van der Waals surface area contributed by atoms with Gasteiger partial charge in [0, 0.05) is 0 Å². The van der Waals surface area contributed by atoms with Crippen molar-refractivity contribution < 1.29 is 19.4 Å². The van der Waals surface area contributed by atoms with E-state index in [9.17, 15) is 9.90 Å². The Morgan fingerprint density at radius 1 is 1.41 bits per heavy atom. The van der Waals surface area contributed by atoms with Gasteiger partial charge in [0.1, 0.15) is 16.9 Å². The van der Waals surface area contributed by atoms with Crippen LogP contribution < -0.4 is 9.47 Å². The maximum Gasteiger partial charge on any atom is 0.314 e. The van der Waals surface area contributed by atoms with Crippen LogP contribution in [0.15, 0.2) is 18.2 Å². The minimum atomic E-state index is -0.808. The molecule has 4 nitrogen and oxygen atoms in total. The van der Waals surface area contributed by atoms with Crippen molar-refractivity contribution in [3.63, 3.8) is 0 Å². The molecule has 0 heterocycles. The van der Waals surface area contributed by atoms with Crippen LogP contribution in [0.1, 0.15) is 25.3 Å². The van der Waals surface area contributed by atoms with E-state index in [0.29, 0.717) is 36.5 Å². The molecule has 1 N–H and O–H groups in total.